The maximum absolute atomic E-state index is 13.1. The molecule has 0 bridgehead atoms. The van der Waals surface area contributed by atoms with E-state index in [1.807, 2.05) is 11.0 Å². The second-order valence-corrected chi connectivity index (χ2v) is 9.83. The van der Waals surface area contributed by atoms with Crippen molar-refractivity contribution in [3.8, 4) is 0 Å². The van der Waals surface area contributed by atoms with Gasteiger partial charge in [-0.3, -0.25) is 9.59 Å². The molecule has 1 N–H and O–H groups in total. The number of sulfone groups is 1. The van der Waals surface area contributed by atoms with Crippen molar-refractivity contribution in [1.82, 2.24) is 4.90 Å². The molecule has 6 nitrogen and oxygen atoms in total. The zero-order chi connectivity index (χ0) is 19.4. The maximum Gasteiger partial charge on any atom is 0.242 e. The lowest BCUT2D eigenvalue weighted by Crippen LogP contribution is -2.50. The summed E-state index contributed by atoms with van der Waals surface area (Å²) in [5.74, 6) is 0.0903. The van der Waals surface area contributed by atoms with Gasteiger partial charge in [-0.05, 0) is 38.3 Å². The largest absolute Gasteiger partial charge is 0.376 e. The molecule has 0 radical (unpaired) electrons. The molecular weight excluding hydrogens is 364 g/mol. The molecule has 1 saturated carbocycles. The van der Waals surface area contributed by atoms with E-state index >= 15 is 0 Å². The van der Waals surface area contributed by atoms with Gasteiger partial charge in [0.15, 0.2) is 15.6 Å². The molecule has 1 heterocycles. The first-order valence-electron chi connectivity index (χ1n) is 9.73. The second kappa shape index (κ2) is 8.42. The Kier molecular flexibility index (Phi) is 6.19. The monoisotopic (exact) mass is 392 g/mol. The number of Topliss-reactive ketones (excluding diaryl/α,β-unsaturated/α-hetero) is 1. The summed E-state index contributed by atoms with van der Waals surface area (Å²) < 4.78 is 23.9. The fourth-order valence-corrected chi connectivity index (χ4v) is 5.98. The Bertz CT molecular complexity index is 800. The second-order valence-electron chi connectivity index (χ2n) is 7.61. The number of para-hydroxylation sites is 1. The van der Waals surface area contributed by atoms with E-state index in [4.69, 9.17) is 0 Å². The Balaban J connectivity index is 1.74. The SMILES string of the molecule is CC(=O)c1ccccc1NCC(=O)N(C1CCCCC1)[C@@H]1CCS(=O)(=O)C1. The predicted molar refractivity (Wildman–Crippen MR) is 106 cm³/mol. The first-order chi connectivity index (χ1) is 12.9. The molecule has 1 aliphatic carbocycles. The van der Waals surface area contributed by atoms with Gasteiger partial charge >= 0.3 is 0 Å². The Morgan fingerprint density at radius 2 is 1.78 bits per heavy atom. The summed E-state index contributed by atoms with van der Waals surface area (Å²) in [6, 6.07) is 7.03. The van der Waals surface area contributed by atoms with Crippen LogP contribution in [0.25, 0.3) is 0 Å². The van der Waals surface area contributed by atoms with Gasteiger partial charge in [0, 0.05) is 23.3 Å². The zero-order valence-electron chi connectivity index (χ0n) is 15.8. The van der Waals surface area contributed by atoms with Crippen molar-refractivity contribution in [3.05, 3.63) is 29.8 Å². The molecule has 27 heavy (non-hydrogen) atoms. The number of ketones is 1. The smallest absolute Gasteiger partial charge is 0.242 e. The molecular formula is C20H28N2O4S. The van der Waals surface area contributed by atoms with Crippen LogP contribution in [0.4, 0.5) is 5.69 Å². The van der Waals surface area contributed by atoms with Gasteiger partial charge in [0.1, 0.15) is 0 Å². The fourth-order valence-electron chi connectivity index (χ4n) is 4.27. The number of carbonyl (C=O) groups excluding carboxylic acids is 2. The topological polar surface area (TPSA) is 83.6 Å². The predicted octanol–water partition coefficient (Wildman–Crippen LogP) is 2.65. The molecule has 2 fully saturated rings. The van der Waals surface area contributed by atoms with Crippen LogP contribution in [-0.2, 0) is 14.6 Å². The summed E-state index contributed by atoms with van der Waals surface area (Å²) in [5, 5.41) is 3.10. The lowest BCUT2D eigenvalue weighted by atomic mass is 9.93. The van der Waals surface area contributed by atoms with E-state index in [0.29, 0.717) is 17.7 Å². The van der Waals surface area contributed by atoms with E-state index in [-0.39, 0.29) is 41.8 Å². The van der Waals surface area contributed by atoms with Crippen molar-refractivity contribution in [1.29, 1.82) is 0 Å². The molecule has 1 aromatic carbocycles. The normalized spacial score (nSPS) is 22.3. The van der Waals surface area contributed by atoms with Crippen molar-refractivity contribution >= 4 is 27.2 Å². The average molecular weight is 393 g/mol. The Morgan fingerprint density at radius 3 is 2.41 bits per heavy atom. The molecule has 1 aliphatic heterocycles. The lowest BCUT2D eigenvalue weighted by Gasteiger charge is -2.38. The van der Waals surface area contributed by atoms with Gasteiger partial charge in [-0.1, -0.05) is 31.4 Å². The molecule has 2 aliphatic rings. The third kappa shape index (κ3) is 4.89. The molecule has 1 saturated heterocycles. The van der Waals surface area contributed by atoms with Crippen LogP contribution in [0.3, 0.4) is 0 Å². The lowest BCUT2D eigenvalue weighted by molar-refractivity contribution is -0.134. The number of hydrogen-bond acceptors (Lipinski definition) is 5. The van der Waals surface area contributed by atoms with Crippen LogP contribution in [0.1, 0.15) is 55.8 Å². The third-order valence-electron chi connectivity index (χ3n) is 5.59. The zero-order valence-corrected chi connectivity index (χ0v) is 16.6. The van der Waals surface area contributed by atoms with E-state index in [1.165, 1.54) is 13.3 Å². The highest BCUT2D eigenvalue weighted by molar-refractivity contribution is 7.91. The van der Waals surface area contributed by atoms with Gasteiger partial charge in [-0.25, -0.2) is 8.42 Å². The molecule has 0 spiro atoms. The Hall–Kier alpha value is -1.89. The van der Waals surface area contributed by atoms with Crippen LogP contribution >= 0.6 is 0 Å². The van der Waals surface area contributed by atoms with Crippen LogP contribution < -0.4 is 5.32 Å². The fraction of sp³-hybridized carbons (Fsp3) is 0.600. The van der Waals surface area contributed by atoms with Gasteiger partial charge in [0.25, 0.3) is 0 Å². The minimum atomic E-state index is -3.06. The number of hydrogen-bond donors (Lipinski definition) is 1. The van der Waals surface area contributed by atoms with Crippen LogP contribution in [0.15, 0.2) is 24.3 Å². The molecule has 1 amide bonds. The minimum Gasteiger partial charge on any atom is -0.376 e. The number of anilines is 1. The standard InChI is InChI=1S/C20H28N2O4S/c1-15(23)18-9-5-6-10-19(18)21-13-20(24)22(16-7-3-2-4-8-16)17-11-12-27(25,26)14-17/h5-6,9-10,16-17,21H,2-4,7-8,11-14H2,1H3/t17-/m1/s1. The van der Waals surface area contributed by atoms with Gasteiger partial charge in [0.2, 0.25) is 5.91 Å². The number of amides is 1. The van der Waals surface area contributed by atoms with Crippen molar-refractivity contribution < 1.29 is 18.0 Å². The molecule has 3 rings (SSSR count). The number of nitrogens with zero attached hydrogens (tertiary/aromatic N) is 1. The van der Waals surface area contributed by atoms with E-state index in [1.54, 1.807) is 18.2 Å². The summed E-state index contributed by atoms with van der Waals surface area (Å²) in [6.45, 7) is 1.57. The highest BCUT2D eigenvalue weighted by atomic mass is 32.2. The van der Waals surface area contributed by atoms with E-state index < -0.39 is 9.84 Å². The summed E-state index contributed by atoms with van der Waals surface area (Å²) >= 11 is 0. The summed E-state index contributed by atoms with van der Waals surface area (Å²) in [7, 11) is -3.06. The van der Waals surface area contributed by atoms with E-state index in [0.717, 1.165) is 25.7 Å². The van der Waals surface area contributed by atoms with Crippen molar-refractivity contribution in [3.63, 3.8) is 0 Å². The minimum absolute atomic E-state index is 0.0587. The quantitative estimate of drug-likeness (QED) is 0.753. The molecule has 0 aromatic heterocycles. The van der Waals surface area contributed by atoms with Crippen molar-refractivity contribution in [2.45, 2.75) is 57.5 Å². The molecule has 1 atom stereocenters. The summed E-state index contributed by atoms with van der Waals surface area (Å²) in [6.07, 6.45) is 5.72. The average Bonchev–Trinajstić information content (AvgIpc) is 3.00. The van der Waals surface area contributed by atoms with Crippen LogP contribution in [-0.4, -0.2) is 55.1 Å². The highest BCUT2D eigenvalue weighted by Crippen LogP contribution is 2.28. The van der Waals surface area contributed by atoms with Gasteiger partial charge in [-0.15, -0.1) is 0 Å². The van der Waals surface area contributed by atoms with Crippen molar-refractivity contribution in [2.75, 3.05) is 23.4 Å². The van der Waals surface area contributed by atoms with Crippen molar-refractivity contribution in [2.24, 2.45) is 0 Å². The number of benzene rings is 1. The molecule has 1 aromatic rings. The number of rotatable bonds is 6. The summed E-state index contributed by atoms with van der Waals surface area (Å²) in [5.41, 5.74) is 1.19. The Morgan fingerprint density at radius 1 is 1.07 bits per heavy atom. The molecule has 0 unspecified atom stereocenters. The van der Waals surface area contributed by atoms with Crippen LogP contribution in [0.5, 0.6) is 0 Å². The third-order valence-corrected chi connectivity index (χ3v) is 7.34. The van der Waals surface area contributed by atoms with Crippen LogP contribution in [0, 0.1) is 0 Å². The first-order valence-corrected chi connectivity index (χ1v) is 11.5. The maximum atomic E-state index is 13.1. The van der Waals surface area contributed by atoms with Gasteiger partial charge < -0.3 is 10.2 Å². The van der Waals surface area contributed by atoms with E-state index in [9.17, 15) is 18.0 Å². The number of carbonyl (C=O) groups is 2. The molecule has 148 valence electrons. The van der Waals surface area contributed by atoms with Gasteiger partial charge in [-0.2, -0.15) is 0 Å². The number of nitrogens with one attached hydrogen (secondary N) is 1. The highest BCUT2D eigenvalue weighted by Gasteiger charge is 2.38. The Labute approximate surface area is 161 Å². The van der Waals surface area contributed by atoms with Gasteiger partial charge in [0.05, 0.1) is 18.1 Å². The summed E-state index contributed by atoms with van der Waals surface area (Å²) in [4.78, 5) is 26.7. The first kappa shape index (κ1) is 19.9. The van der Waals surface area contributed by atoms with E-state index in [2.05, 4.69) is 5.32 Å². The van der Waals surface area contributed by atoms with Crippen LogP contribution in [0.2, 0.25) is 0 Å². The molecule has 7 heteroatoms.